The average Bonchev–Trinajstić information content (AvgIpc) is 2.65. The van der Waals surface area contributed by atoms with Crippen molar-refractivity contribution in [2.45, 2.75) is 142 Å². The van der Waals surface area contributed by atoms with E-state index in [4.69, 9.17) is 5.73 Å². The predicted molar refractivity (Wildman–Crippen MR) is 118 cm³/mol. The summed E-state index contributed by atoms with van der Waals surface area (Å²) in [6.07, 6.45) is 23.3. The fraction of sp³-hybridized carbons (Fsp3) is 1.00. The van der Waals surface area contributed by atoms with Gasteiger partial charge in [0.05, 0.1) is 5.60 Å². The fourth-order valence-corrected chi connectivity index (χ4v) is 3.97. The summed E-state index contributed by atoms with van der Waals surface area (Å²) in [5, 5.41) is 10.9. The van der Waals surface area contributed by atoms with Crippen molar-refractivity contribution >= 4 is 0 Å². The van der Waals surface area contributed by atoms with E-state index in [1.807, 2.05) is 0 Å². The Morgan fingerprint density at radius 1 is 0.654 bits per heavy atom. The predicted octanol–water partition coefficient (Wildman–Crippen LogP) is 7.37. The first-order chi connectivity index (χ1) is 12.6. The number of nitrogens with two attached hydrogens (primary N) is 1. The molecule has 2 nitrogen and oxygen atoms in total. The highest BCUT2D eigenvalue weighted by Gasteiger charge is 2.31. The SMILES string of the molecule is CCCCCCCCCCC(C)C(O)(CN)CCCCCCCCCC. The van der Waals surface area contributed by atoms with E-state index in [9.17, 15) is 5.11 Å². The highest BCUT2D eigenvalue weighted by Crippen LogP contribution is 2.28. The molecule has 0 aromatic carbocycles. The Bertz CT molecular complexity index is 281. The van der Waals surface area contributed by atoms with Crippen LogP contribution in [-0.4, -0.2) is 17.3 Å². The van der Waals surface area contributed by atoms with Crippen molar-refractivity contribution in [3.63, 3.8) is 0 Å². The van der Waals surface area contributed by atoms with Gasteiger partial charge in [-0.25, -0.2) is 0 Å². The van der Waals surface area contributed by atoms with Crippen molar-refractivity contribution in [1.82, 2.24) is 0 Å². The molecule has 0 heterocycles. The molecule has 0 aromatic heterocycles. The third kappa shape index (κ3) is 14.0. The summed E-state index contributed by atoms with van der Waals surface area (Å²) in [6.45, 7) is 7.16. The molecule has 0 spiro atoms. The first kappa shape index (κ1) is 25.9. The van der Waals surface area contributed by atoms with E-state index in [-0.39, 0.29) is 0 Å². The van der Waals surface area contributed by atoms with Crippen molar-refractivity contribution in [3.8, 4) is 0 Å². The Morgan fingerprint density at radius 3 is 1.46 bits per heavy atom. The highest BCUT2D eigenvalue weighted by molar-refractivity contribution is 4.85. The number of hydrogen-bond donors (Lipinski definition) is 2. The second-order valence-corrected chi connectivity index (χ2v) is 8.70. The molecule has 2 atom stereocenters. The second-order valence-electron chi connectivity index (χ2n) is 8.70. The van der Waals surface area contributed by atoms with Gasteiger partial charge in [-0.1, -0.05) is 124 Å². The van der Waals surface area contributed by atoms with Crippen LogP contribution in [0.25, 0.3) is 0 Å². The van der Waals surface area contributed by atoms with Crippen LogP contribution in [0.2, 0.25) is 0 Å². The summed E-state index contributed by atoms with van der Waals surface area (Å²) >= 11 is 0. The van der Waals surface area contributed by atoms with Gasteiger partial charge in [-0.3, -0.25) is 0 Å². The zero-order valence-electron chi connectivity index (χ0n) is 18.5. The lowest BCUT2D eigenvalue weighted by atomic mass is 9.81. The van der Waals surface area contributed by atoms with E-state index in [0.717, 1.165) is 19.3 Å². The van der Waals surface area contributed by atoms with E-state index in [2.05, 4.69) is 20.8 Å². The van der Waals surface area contributed by atoms with E-state index in [0.29, 0.717) is 12.5 Å². The molecule has 2 unspecified atom stereocenters. The summed E-state index contributed by atoms with van der Waals surface area (Å²) in [5.74, 6) is 0.331. The van der Waals surface area contributed by atoms with Crippen LogP contribution in [0.3, 0.4) is 0 Å². The molecule has 0 aliphatic heterocycles. The van der Waals surface area contributed by atoms with E-state index in [1.165, 1.54) is 96.3 Å². The van der Waals surface area contributed by atoms with Crippen LogP contribution in [0.5, 0.6) is 0 Å². The molecule has 2 heteroatoms. The van der Waals surface area contributed by atoms with Crippen LogP contribution >= 0.6 is 0 Å². The van der Waals surface area contributed by atoms with Gasteiger partial charge in [0, 0.05) is 6.54 Å². The van der Waals surface area contributed by atoms with Gasteiger partial charge in [-0.05, 0) is 18.8 Å². The van der Waals surface area contributed by atoms with Crippen molar-refractivity contribution in [3.05, 3.63) is 0 Å². The van der Waals surface area contributed by atoms with Crippen molar-refractivity contribution in [2.75, 3.05) is 6.54 Å². The Balaban J connectivity index is 3.72. The summed E-state index contributed by atoms with van der Waals surface area (Å²) in [7, 11) is 0. The minimum atomic E-state index is -0.636. The summed E-state index contributed by atoms with van der Waals surface area (Å²) in [4.78, 5) is 0. The number of unbranched alkanes of at least 4 members (excludes halogenated alkanes) is 14. The molecule has 0 fully saturated rings. The lowest BCUT2D eigenvalue weighted by Gasteiger charge is -2.33. The van der Waals surface area contributed by atoms with Gasteiger partial charge in [0.1, 0.15) is 0 Å². The van der Waals surface area contributed by atoms with Crippen LogP contribution in [0, 0.1) is 5.92 Å². The largest absolute Gasteiger partial charge is 0.388 e. The number of aliphatic hydroxyl groups is 1. The monoisotopic (exact) mass is 369 g/mol. The van der Waals surface area contributed by atoms with Crippen molar-refractivity contribution in [2.24, 2.45) is 11.7 Å². The molecular weight excluding hydrogens is 318 g/mol. The average molecular weight is 370 g/mol. The van der Waals surface area contributed by atoms with Crippen molar-refractivity contribution in [1.29, 1.82) is 0 Å². The Labute approximate surface area is 165 Å². The molecule has 0 radical (unpaired) electrons. The normalized spacial score (nSPS) is 15.1. The molecule has 0 amide bonds. The molecule has 0 saturated heterocycles. The van der Waals surface area contributed by atoms with Crippen LogP contribution in [0.15, 0.2) is 0 Å². The van der Waals surface area contributed by atoms with Gasteiger partial charge in [-0.2, -0.15) is 0 Å². The smallest absolute Gasteiger partial charge is 0.0794 e. The molecule has 26 heavy (non-hydrogen) atoms. The van der Waals surface area contributed by atoms with E-state index < -0.39 is 5.60 Å². The topological polar surface area (TPSA) is 46.2 Å². The van der Waals surface area contributed by atoms with Crippen LogP contribution in [0.4, 0.5) is 0 Å². The maximum atomic E-state index is 10.9. The minimum absolute atomic E-state index is 0.331. The van der Waals surface area contributed by atoms with Gasteiger partial charge in [-0.15, -0.1) is 0 Å². The molecule has 3 N–H and O–H groups in total. The second kappa shape index (κ2) is 18.3. The summed E-state index contributed by atoms with van der Waals surface area (Å²) < 4.78 is 0. The molecule has 0 aromatic rings. The molecule has 158 valence electrons. The van der Waals surface area contributed by atoms with Gasteiger partial charge < -0.3 is 10.8 Å². The molecule has 0 aliphatic rings. The maximum absolute atomic E-state index is 10.9. The summed E-state index contributed by atoms with van der Waals surface area (Å²) in [5.41, 5.74) is 5.32. The van der Waals surface area contributed by atoms with E-state index >= 15 is 0 Å². The van der Waals surface area contributed by atoms with Gasteiger partial charge in [0.25, 0.3) is 0 Å². The van der Waals surface area contributed by atoms with Crippen LogP contribution < -0.4 is 5.73 Å². The molecule has 0 bridgehead atoms. The Morgan fingerprint density at radius 2 is 1.04 bits per heavy atom. The molecule has 0 aliphatic carbocycles. The fourth-order valence-electron chi connectivity index (χ4n) is 3.97. The summed E-state index contributed by atoms with van der Waals surface area (Å²) in [6, 6.07) is 0. The molecular formula is C24H51NO. The number of hydrogen-bond acceptors (Lipinski definition) is 2. The van der Waals surface area contributed by atoms with Crippen LogP contribution in [-0.2, 0) is 0 Å². The zero-order chi connectivity index (χ0) is 19.5. The lowest BCUT2D eigenvalue weighted by Crippen LogP contribution is -2.43. The van der Waals surface area contributed by atoms with Gasteiger partial charge >= 0.3 is 0 Å². The first-order valence-corrected chi connectivity index (χ1v) is 12.0. The third-order valence-electron chi connectivity index (χ3n) is 6.22. The first-order valence-electron chi connectivity index (χ1n) is 12.0. The standard InChI is InChI=1S/C24H51NO/c1-4-6-8-10-12-14-16-18-20-23(3)24(26,22-25)21-19-17-15-13-11-9-7-5-2/h23,26H,4-22,25H2,1-3H3. The minimum Gasteiger partial charge on any atom is -0.388 e. The van der Waals surface area contributed by atoms with E-state index in [1.54, 1.807) is 0 Å². The number of rotatable bonds is 20. The third-order valence-corrected chi connectivity index (χ3v) is 6.22. The van der Waals surface area contributed by atoms with Crippen molar-refractivity contribution < 1.29 is 5.11 Å². The van der Waals surface area contributed by atoms with Gasteiger partial charge in [0.15, 0.2) is 0 Å². The zero-order valence-corrected chi connectivity index (χ0v) is 18.5. The highest BCUT2D eigenvalue weighted by atomic mass is 16.3. The molecule has 0 rings (SSSR count). The van der Waals surface area contributed by atoms with Crippen LogP contribution in [0.1, 0.15) is 136 Å². The Kier molecular flexibility index (Phi) is 18.2. The maximum Gasteiger partial charge on any atom is 0.0794 e. The van der Waals surface area contributed by atoms with Gasteiger partial charge in [0.2, 0.25) is 0 Å². The quantitative estimate of drug-likeness (QED) is 0.220. The molecule has 0 saturated carbocycles. The lowest BCUT2D eigenvalue weighted by molar-refractivity contribution is -0.0172. The Hall–Kier alpha value is -0.0800.